The Kier molecular flexibility index (Phi) is 2.52. The summed E-state index contributed by atoms with van der Waals surface area (Å²) in [7, 11) is 2.13. The van der Waals surface area contributed by atoms with E-state index < -0.39 is 12.1 Å². The number of aliphatic hydroxyl groups excluding tert-OH is 1. The maximum atomic E-state index is 12.7. The van der Waals surface area contributed by atoms with Gasteiger partial charge in [0, 0.05) is 35.9 Å². The normalized spacial score (nSPS) is 25.6. The molecule has 2 aromatic rings. The van der Waals surface area contributed by atoms with Crippen LogP contribution in [0.5, 0.6) is 0 Å². The second-order valence-electron chi connectivity index (χ2n) is 7.01. The van der Waals surface area contributed by atoms with E-state index in [2.05, 4.69) is 11.9 Å². The quantitative estimate of drug-likeness (QED) is 0.853. The fourth-order valence-corrected chi connectivity index (χ4v) is 4.77. The minimum Gasteiger partial charge on any atom is -0.366 e. The van der Waals surface area contributed by atoms with Crippen molar-refractivity contribution < 1.29 is 14.7 Å². The summed E-state index contributed by atoms with van der Waals surface area (Å²) in [5.41, 5.74) is 8.87. The van der Waals surface area contributed by atoms with Crippen LogP contribution in [0.3, 0.4) is 0 Å². The number of likely N-dealkylation sites (N-methyl/N-ethyl adjacent to an activating group) is 1. The van der Waals surface area contributed by atoms with E-state index in [1.165, 1.54) is 11.1 Å². The van der Waals surface area contributed by atoms with Crippen LogP contribution in [0.25, 0.3) is 10.8 Å². The third kappa shape index (κ3) is 1.48. The van der Waals surface area contributed by atoms with Crippen LogP contribution < -0.4 is 10.6 Å². The predicted molar refractivity (Wildman–Crippen MR) is 88.9 cm³/mol. The molecule has 122 valence electrons. The molecule has 0 bridgehead atoms. The molecule has 3 atom stereocenters. The number of benzene rings is 2. The highest BCUT2D eigenvalue weighted by molar-refractivity contribution is 6.27. The van der Waals surface area contributed by atoms with Gasteiger partial charge in [-0.05, 0) is 35.7 Å². The Labute approximate surface area is 138 Å². The molecule has 6 nitrogen and oxygen atoms in total. The molecule has 0 saturated carbocycles. The van der Waals surface area contributed by atoms with Crippen molar-refractivity contribution in [1.82, 2.24) is 4.90 Å². The molecule has 3 N–H and O–H groups in total. The maximum absolute atomic E-state index is 12.7. The molecule has 0 radical (unpaired) electrons. The molecule has 0 spiro atoms. The molecule has 1 saturated heterocycles. The maximum Gasteiger partial charge on any atom is 0.267 e. The van der Waals surface area contributed by atoms with Crippen LogP contribution >= 0.6 is 0 Å². The molecule has 6 heteroatoms. The summed E-state index contributed by atoms with van der Waals surface area (Å²) in [5.74, 6) is -0.407. The van der Waals surface area contributed by atoms with E-state index >= 15 is 0 Å². The summed E-state index contributed by atoms with van der Waals surface area (Å²) in [6, 6.07) is 7.73. The SMILES string of the molecule is CN1CC2c3ccc4c5c(ccc(c35)C2C1)N(C(O)C(N)=O)C4=O. The Balaban J connectivity index is 1.78. The van der Waals surface area contributed by atoms with Crippen LogP contribution in [0.1, 0.15) is 33.3 Å². The fourth-order valence-electron chi connectivity index (χ4n) is 4.77. The van der Waals surface area contributed by atoms with Gasteiger partial charge in [0.25, 0.3) is 11.8 Å². The number of carbonyl (C=O) groups is 2. The van der Waals surface area contributed by atoms with Gasteiger partial charge in [-0.2, -0.15) is 0 Å². The van der Waals surface area contributed by atoms with E-state index in [1.807, 2.05) is 24.3 Å². The highest BCUT2D eigenvalue weighted by Gasteiger charge is 2.44. The van der Waals surface area contributed by atoms with Gasteiger partial charge >= 0.3 is 0 Å². The number of hydrogen-bond donors (Lipinski definition) is 2. The molecular weight excluding hydrogens is 306 g/mol. The summed E-state index contributed by atoms with van der Waals surface area (Å²) in [5, 5.41) is 12.1. The first kappa shape index (κ1) is 13.9. The van der Waals surface area contributed by atoms with E-state index in [9.17, 15) is 14.7 Å². The van der Waals surface area contributed by atoms with Crippen molar-refractivity contribution in [1.29, 1.82) is 0 Å². The Morgan fingerprint density at radius 1 is 1.17 bits per heavy atom. The first-order chi connectivity index (χ1) is 11.5. The van der Waals surface area contributed by atoms with Crippen molar-refractivity contribution in [2.75, 3.05) is 25.0 Å². The van der Waals surface area contributed by atoms with Gasteiger partial charge in [-0.15, -0.1) is 0 Å². The predicted octanol–water partition coefficient (Wildman–Crippen LogP) is 0.730. The van der Waals surface area contributed by atoms with Crippen molar-refractivity contribution in [3.63, 3.8) is 0 Å². The molecule has 0 aromatic heterocycles. The number of anilines is 1. The lowest BCUT2D eigenvalue weighted by atomic mass is 9.93. The lowest BCUT2D eigenvalue weighted by Gasteiger charge is -2.21. The third-order valence-corrected chi connectivity index (χ3v) is 5.71. The summed E-state index contributed by atoms with van der Waals surface area (Å²) in [4.78, 5) is 27.6. The number of likely N-dealkylation sites (tertiary alicyclic amines) is 1. The number of aliphatic hydroxyl groups is 1. The molecule has 5 rings (SSSR count). The fraction of sp³-hybridized carbons (Fsp3) is 0.333. The zero-order valence-electron chi connectivity index (χ0n) is 13.2. The van der Waals surface area contributed by atoms with Crippen molar-refractivity contribution in [2.45, 2.75) is 18.1 Å². The van der Waals surface area contributed by atoms with Gasteiger partial charge in [-0.1, -0.05) is 12.1 Å². The topological polar surface area (TPSA) is 86.9 Å². The van der Waals surface area contributed by atoms with Crippen molar-refractivity contribution in [3.8, 4) is 0 Å². The number of nitrogens with zero attached hydrogens (tertiary/aromatic N) is 2. The molecule has 2 aliphatic heterocycles. The van der Waals surface area contributed by atoms with Gasteiger partial charge in [-0.3, -0.25) is 14.5 Å². The van der Waals surface area contributed by atoms with Gasteiger partial charge in [0.2, 0.25) is 6.23 Å². The van der Waals surface area contributed by atoms with Crippen LogP contribution in [-0.2, 0) is 4.79 Å². The number of fused-ring (bicyclic) bond motifs is 3. The van der Waals surface area contributed by atoms with Gasteiger partial charge in [0.05, 0.1) is 5.69 Å². The number of rotatable bonds is 2. The molecule has 2 aromatic carbocycles. The molecule has 3 unspecified atom stereocenters. The van der Waals surface area contributed by atoms with Crippen molar-refractivity contribution in [2.24, 2.45) is 5.73 Å². The smallest absolute Gasteiger partial charge is 0.267 e. The first-order valence-corrected chi connectivity index (χ1v) is 8.08. The van der Waals surface area contributed by atoms with E-state index in [1.54, 1.807) is 0 Å². The molecule has 24 heavy (non-hydrogen) atoms. The molecule has 2 amide bonds. The van der Waals surface area contributed by atoms with Crippen LogP contribution in [-0.4, -0.2) is 48.2 Å². The van der Waals surface area contributed by atoms with Gasteiger partial charge in [0.1, 0.15) is 0 Å². The van der Waals surface area contributed by atoms with E-state index in [-0.39, 0.29) is 5.91 Å². The number of primary amides is 1. The number of hydrogen-bond acceptors (Lipinski definition) is 4. The second-order valence-corrected chi connectivity index (χ2v) is 7.01. The monoisotopic (exact) mass is 323 g/mol. The first-order valence-electron chi connectivity index (χ1n) is 8.08. The van der Waals surface area contributed by atoms with E-state index in [0.29, 0.717) is 23.1 Å². The summed E-state index contributed by atoms with van der Waals surface area (Å²) < 4.78 is 0. The Hall–Kier alpha value is -2.44. The molecule has 1 aliphatic carbocycles. The molecule has 2 heterocycles. The van der Waals surface area contributed by atoms with Crippen LogP contribution in [0.4, 0.5) is 5.69 Å². The second kappa shape index (κ2) is 4.34. The van der Waals surface area contributed by atoms with Gasteiger partial charge in [0.15, 0.2) is 0 Å². The minimum atomic E-state index is -1.64. The summed E-state index contributed by atoms with van der Waals surface area (Å²) >= 11 is 0. The van der Waals surface area contributed by atoms with Crippen molar-refractivity contribution in [3.05, 3.63) is 41.0 Å². The van der Waals surface area contributed by atoms with E-state index in [0.717, 1.165) is 28.8 Å². The Morgan fingerprint density at radius 3 is 2.42 bits per heavy atom. The summed E-state index contributed by atoms with van der Waals surface area (Å²) in [6.07, 6.45) is -1.64. The number of amides is 2. The standard InChI is InChI=1S/C18H17N3O3/c1-20-6-11-8-2-3-10-15-13(21(17(10)23)18(24)16(19)22)5-4-9(14(8)15)12(11)7-20/h2-5,11-12,18,24H,6-7H2,1H3,(H2,19,22). The van der Waals surface area contributed by atoms with Crippen LogP contribution in [0.15, 0.2) is 24.3 Å². The zero-order valence-corrected chi connectivity index (χ0v) is 13.2. The van der Waals surface area contributed by atoms with Crippen molar-refractivity contribution >= 4 is 28.3 Å². The highest BCUT2D eigenvalue weighted by atomic mass is 16.3. The van der Waals surface area contributed by atoms with Gasteiger partial charge in [-0.25, -0.2) is 0 Å². The molecular formula is C18H17N3O3. The average molecular weight is 323 g/mol. The Bertz CT molecular complexity index is 920. The van der Waals surface area contributed by atoms with Crippen LogP contribution in [0.2, 0.25) is 0 Å². The minimum absolute atomic E-state index is 0.367. The number of carbonyl (C=O) groups excluding carboxylic acids is 2. The van der Waals surface area contributed by atoms with Crippen LogP contribution in [0, 0.1) is 0 Å². The Morgan fingerprint density at radius 2 is 1.79 bits per heavy atom. The average Bonchev–Trinajstić information content (AvgIpc) is 3.15. The zero-order chi connectivity index (χ0) is 16.7. The molecule has 1 fully saturated rings. The lowest BCUT2D eigenvalue weighted by molar-refractivity contribution is -0.125. The lowest BCUT2D eigenvalue weighted by Crippen LogP contribution is -2.46. The van der Waals surface area contributed by atoms with Gasteiger partial charge < -0.3 is 15.7 Å². The third-order valence-electron chi connectivity index (χ3n) is 5.71. The number of nitrogens with two attached hydrogens (primary N) is 1. The van der Waals surface area contributed by atoms with E-state index in [4.69, 9.17) is 5.73 Å². The molecule has 3 aliphatic rings. The highest BCUT2D eigenvalue weighted by Crippen LogP contribution is 2.54. The summed E-state index contributed by atoms with van der Waals surface area (Å²) in [6.45, 7) is 2.01. The largest absolute Gasteiger partial charge is 0.366 e.